The molecular weight excluding hydrogens is 196 g/mol. The van der Waals surface area contributed by atoms with Crippen LogP contribution in [0.3, 0.4) is 0 Å². The number of nitrogens with zero attached hydrogens (tertiary/aromatic N) is 2. The first-order valence-electron chi connectivity index (χ1n) is 3.48. The Labute approximate surface area is 81.3 Å². The second-order valence-corrected chi connectivity index (χ2v) is 2.16. The normalized spacial score (nSPS) is 9.08. The van der Waals surface area contributed by atoms with Crippen LogP contribution in [0.2, 0.25) is 0 Å². The minimum Gasteiger partial charge on any atom is -0.359 e. The van der Waals surface area contributed by atoms with Gasteiger partial charge in [0.2, 0.25) is 11.8 Å². The van der Waals surface area contributed by atoms with Crippen molar-refractivity contribution in [3.05, 3.63) is 11.7 Å². The van der Waals surface area contributed by atoms with Crippen molar-refractivity contribution in [2.45, 2.75) is 13.0 Å². The fourth-order valence-corrected chi connectivity index (χ4v) is 0.677. The predicted molar refractivity (Wildman–Crippen MR) is 47.2 cm³/mol. The van der Waals surface area contributed by atoms with Crippen molar-refractivity contribution in [3.63, 3.8) is 0 Å². The number of rotatable bonds is 3. The maximum atomic E-state index is 10.8. The van der Waals surface area contributed by atoms with Crippen molar-refractivity contribution < 1.29 is 9.32 Å². The minimum atomic E-state index is -0.153. The van der Waals surface area contributed by atoms with E-state index in [9.17, 15) is 4.79 Å². The van der Waals surface area contributed by atoms with Crippen LogP contribution < -0.4 is 11.1 Å². The van der Waals surface area contributed by atoms with Crippen molar-refractivity contribution in [1.29, 1.82) is 0 Å². The molecule has 0 saturated heterocycles. The van der Waals surface area contributed by atoms with E-state index in [2.05, 4.69) is 15.5 Å². The molecule has 1 aromatic heterocycles. The first-order valence-corrected chi connectivity index (χ1v) is 3.48. The Morgan fingerprint density at radius 2 is 2.38 bits per heavy atom. The van der Waals surface area contributed by atoms with Crippen LogP contribution in [0.1, 0.15) is 11.7 Å². The standard InChI is InChI=1S/C6H10N4O2.ClH/c1-8-5(11)2-4-9-6(3-7)12-10-4;/h2-3,7H2,1H3,(H,8,11);1H. The Morgan fingerprint density at radius 1 is 1.69 bits per heavy atom. The third-order valence-corrected chi connectivity index (χ3v) is 1.28. The summed E-state index contributed by atoms with van der Waals surface area (Å²) in [6.45, 7) is 0.195. The lowest BCUT2D eigenvalue weighted by atomic mass is 10.4. The molecule has 13 heavy (non-hydrogen) atoms. The molecule has 7 heteroatoms. The van der Waals surface area contributed by atoms with Gasteiger partial charge < -0.3 is 15.6 Å². The molecule has 1 aromatic rings. The van der Waals surface area contributed by atoms with Crippen LogP contribution in [0.15, 0.2) is 4.52 Å². The maximum Gasteiger partial charge on any atom is 0.240 e. The second-order valence-electron chi connectivity index (χ2n) is 2.16. The van der Waals surface area contributed by atoms with E-state index in [4.69, 9.17) is 10.3 Å². The Morgan fingerprint density at radius 3 is 2.85 bits per heavy atom. The molecule has 0 spiro atoms. The van der Waals surface area contributed by atoms with E-state index in [-0.39, 0.29) is 31.3 Å². The Bertz CT molecular complexity index is 275. The van der Waals surface area contributed by atoms with Gasteiger partial charge in [-0.3, -0.25) is 4.79 Å². The number of aromatic nitrogens is 2. The van der Waals surface area contributed by atoms with Crippen molar-refractivity contribution in [2.75, 3.05) is 7.05 Å². The number of carbonyl (C=O) groups is 1. The fraction of sp³-hybridized carbons (Fsp3) is 0.500. The fourth-order valence-electron chi connectivity index (χ4n) is 0.677. The van der Waals surface area contributed by atoms with Gasteiger partial charge in [-0.15, -0.1) is 12.4 Å². The first kappa shape index (κ1) is 11.9. The van der Waals surface area contributed by atoms with Gasteiger partial charge in [-0.25, -0.2) is 0 Å². The van der Waals surface area contributed by atoms with Crippen LogP contribution in [0.4, 0.5) is 0 Å². The summed E-state index contributed by atoms with van der Waals surface area (Å²) in [5, 5.41) is 6.00. The number of hydrogen-bond donors (Lipinski definition) is 2. The Kier molecular flexibility index (Phi) is 5.01. The monoisotopic (exact) mass is 206 g/mol. The number of carbonyl (C=O) groups excluding carboxylic acids is 1. The highest BCUT2D eigenvalue weighted by atomic mass is 35.5. The molecule has 0 aromatic carbocycles. The van der Waals surface area contributed by atoms with Gasteiger partial charge in [-0.2, -0.15) is 4.98 Å². The SMILES string of the molecule is CNC(=O)Cc1noc(CN)n1.Cl. The molecule has 0 radical (unpaired) electrons. The topological polar surface area (TPSA) is 94.0 Å². The number of amides is 1. The number of halogens is 1. The molecule has 1 amide bonds. The summed E-state index contributed by atoms with van der Waals surface area (Å²) >= 11 is 0. The van der Waals surface area contributed by atoms with Gasteiger partial charge in [0.1, 0.15) is 0 Å². The molecule has 1 heterocycles. The van der Waals surface area contributed by atoms with Crippen LogP contribution in [0.25, 0.3) is 0 Å². The van der Waals surface area contributed by atoms with Crippen molar-refractivity contribution in [1.82, 2.24) is 15.5 Å². The van der Waals surface area contributed by atoms with Gasteiger partial charge in [-0.05, 0) is 0 Å². The lowest BCUT2D eigenvalue weighted by Crippen LogP contribution is -2.20. The summed E-state index contributed by atoms with van der Waals surface area (Å²) in [5.74, 6) is 0.545. The summed E-state index contributed by atoms with van der Waals surface area (Å²) in [4.78, 5) is 14.7. The molecule has 0 bridgehead atoms. The van der Waals surface area contributed by atoms with Gasteiger partial charge in [0.05, 0.1) is 13.0 Å². The number of hydrogen-bond acceptors (Lipinski definition) is 5. The highest BCUT2D eigenvalue weighted by Gasteiger charge is 2.07. The summed E-state index contributed by atoms with van der Waals surface area (Å²) in [7, 11) is 1.55. The Hall–Kier alpha value is -1.14. The van der Waals surface area contributed by atoms with Crippen LogP contribution in [-0.2, 0) is 17.8 Å². The molecule has 0 atom stereocenters. The zero-order valence-electron chi connectivity index (χ0n) is 7.11. The molecule has 0 aliphatic heterocycles. The van der Waals surface area contributed by atoms with Crippen molar-refractivity contribution >= 4 is 18.3 Å². The maximum absolute atomic E-state index is 10.8. The van der Waals surface area contributed by atoms with Gasteiger partial charge in [0.15, 0.2) is 5.82 Å². The first-order chi connectivity index (χ1) is 5.76. The lowest BCUT2D eigenvalue weighted by Gasteiger charge is -1.91. The molecule has 6 nitrogen and oxygen atoms in total. The highest BCUT2D eigenvalue weighted by Crippen LogP contribution is 1.96. The molecule has 0 aliphatic carbocycles. The third kappa shape index (κ3) is 3.39. The Balaban J connectivity index is 0.00000144. The van der Waals surface area contributed by atoms with E-state index in [1.807, 2.05) is 0 Å². The lowest BCUT2D eigenvalue weighted by molar-refractivity contribution is -0.120. The van der Waals surface area contributed by atoms with Crippen LogP contribution >= 0.6 is 12.4 Å². The smallest absolute Gasteiger partial charge is 0.240 e. The highest BCUT2D eigenvalue weighted by molar-refractivity contribution is 5.85. The van der Waals surface area contributed by atoms with E-state index in [1.54, 1.807) is 7.05 Å². The van der Waals surface area contributed by atoms with Crippen LogP contribution in [-0.4, -0.2) is 23.1 Å². The zero-order chi connectivity index (χ0) is 8.97. The summed E-state index contributed by atoms with van der Waals surface area (Å²) in [6, 6.07) is 0. The van der Waals surface area contributed by atoms with E-state index < -0.39 is 0 Å². The quantitative estimate of drug-likeness (QED) is 0.678. The van der Waals surface area contributed by atoms with E-state index in [0.717, 1.165) is 0 Å². The van der Waals surface area contributed by atoms with E-state index in [0.29, 0.717) is 11.7 Å². The average molecular weight is 207 g/mol. The largest absolute Gasteiger partial charge is 0.359 e. The number of nitrogens with one attached hydrogen (secondary N) is 1. The van der Waals surface area contributed by atoms with Crippen molar-refractivity contribution in [3.8, 4) is 0 Å². The molecular formula is C6H11ClN4O2. The molecule has 3 N–H and O–H groups in total. The average Bonchev–Trinajstić information content (AvgIpc) is 2.52. The predicted octanol–water partition coefficient (Wildman–Crippen LogP) is -0.761. The van der Waals surface area contributed by atoms with Crippen LogP contribution in [0.5, 0.6) is 0 Å². The van der Waals surface area contributed by atoms with Gasteiger partial charge in [-0.1, -0.05) is 5.16 Å². The minimum absolute atomic E-state index is 0. The zero-order valence-corrected chi connectivity index (χ0v) is 7.93. The third-order valence-electron chi connectivity index (χ3n) is 1.28. The van der Waals surface area contributed by atoms with Gasteiger partial charge >= 0.3 is 0 Å². The van der Waals surface area contributed by atoms with Gasteiger partial charge in [0, 0.05) is 7.05 Å². The van der Waals surface area contributed by atoms with Crippen LogP contribution in [0, 0.1) is 0 Å². The molecule has 0 aliphatic rings. The molecule has 74 valence electrons. The molecule has 0 fully saturated rings. The van der Waals surface area contributed by atoms with Crippen molar-refractivity contribution in [2.24, 2.45) is 5.73 Å². The van der Waals surface area contributed by atoms with E-state index in [1.165, 1.54) is 0 Å². The van der Waals surface area contributed by atoms with E-state index >= 15 is 0 Å². The second kappa shape index (κ2) is 5.50. The summed E-state index contributed by atoms with van der Waals surface area (Å²) < 4.78 is 4.69. The summed E-state index contributed by atoms with van der Waals surface area (Å²) in [5.41, 5.74) is 5.23. The molecule has 0 saturated carbocycles. The molecule has 1 rings (SSSR count). The summed E-state index contributed by atoms with van der Waals surface area (Å²) in [6.07, 6.45) is 0.125. The number of likely N-dealkylation sites (N-methyl/N-ethyl adjacent to an activating group) is 1. The number of nitrogens with two attached hydrogens (primary N) is 1. The molecule has 0 unspecified atom stereocenters. The van der Waals surface area contributed by atoms with Gasteiger partial charge in [0.25, 0.3) is 0 Å².